The Labute approximate surface area is 133 Å². The topological polar surface area (TPSA) is 76.0 Å². The van der Waals surface area contributed by atoms with Crippen molar-refractivity contribution in [1.82, 2.24) is 15.1 Å². The molecular weight excluding hydrogens is 356 g/mol. The van der Waals surface area contributed by atoms with Crippen molar-refractivity contribution in [3.05, 3.63) is 33.2 Å². The third-order valence-electron chi connectivity index (χ3n) is 2.97. The lowest BCUT2D eigenvalue weighted by Gasteiger charge is -2.03. The summed E-state index contributed by atoms with van der Waals surface area (Å²) in [5.41, 5.74) is 1.16. The minimum absolute atomic E-state index is 0.0553. The summed E-state index contributed by atoms with van der Waals surface area (Å²) in [4.78, 5) is 23.6. The summed E-state index contributed by atoms with van der Waals surface area (Å²) in [6.07, 6.45) is 5.29. The molecule has 3 rings (SSSR count). The monoisotopic (exact) mass is 368 g/mol. The maximum absolute atomic E-state index is 12.0. The van der Waals surface area contributed by atoms with Gasteiger partial charge in [-0.15, -0.1) is 11.3 Å². The Morgan fingerprint density at radius 2 is 2.29 bits per heavy atom. The second-order valence-corrected chi connectivity index (χ2v) is 7.15. The fourth-order valence-corrected chi connectivity index (χ4v) is 2.93. The van der Waals surface area contributed by atoms with Crippen LogP contribution in [0.3, 0.4) is 0 Å². The molecule has 2 heterocycles. The highest BCUT2D eigenvalue weighted by Gasteiger charge is 2.23. The summed E-state index contributed by atoms with van der Waals surface area (Å²) in [7, 11) is 0. The number of thiophene rings is 1. The molecule has 0 bridgehead atoms. The van der Waals surface area contributed by atoms with Crippen molar-refractivity contribution < 1.29 is 9.59 Å². The van der Waals surface area contributed by atoms with E-state index in [1.165, 1.54) is 22.2 Å². The predicted octanol–water partition coefficient (Wildman–Crippen LogP) is 2.24. The predicted molar refractivity (Wildman–Crippen MR) is 83.4 cm³/mol. The van der Waals surface area contributed by atoms with E-state index in [4.69, 9.17) is 0 Å². The second-order valence-electron chi connectivity index (χ2n) is 4.86. The zero-order valence-electron chi connectivity index (χ0n) is 11.0. The van der Waals surface area contributed by atoms with Crippen LogP contribution in [0.5, 0.6) is 0 Å². The van der Waals surface area contributed by atoms with Gasteiger partial charge >= 0.3 is 0 Å². The quantitative estimate of drug-likeness (QED) is 0.849. The molecule has 1 fully saturated rings. The Morgan fingerprint density at radius 1 is 1.48 bits per heavy atom. The maximum Gasteiger partial charge on any atom is 0.256 e. The molecule has 8 heteroatoms. The number of rotatable bonds is 5. The van der Waals surface area contributed by atoms with Gasteiger partial charge in [0.05, 0.1) is 21.2 Å². The SMILES string of the molecule is O=C(Cn1cc(NC(=O)c2csc(Br)c2)cn1)NC1CC1. The van der Waals surface area contributed by atoms with Crippen molar-refractivity contribution in [1.29, 1.82) is 0 Å². The van der Waals surface area contributed by atoms with Gasteiger partial charge in [0.25, 0.3) is 5.91 Å². The molecule has 0 aromatic carbocycles. The summed E-state index contributed by atoms with van der Waals surface area (Å²) < 4.78 is 2.41. The van der Waals surface area contributed by atoms with Crippen LogP contribution < -0.4 is 10.6 Å². The van der Waals surface area contributed by atoms with E-state index in [2.05, 4.69) is 31.7 Å². The lowest BCUT2D eigenvalue weighted by atomic mass is 10.3. The summed E-state index contributed by atoms with van der Waals surface area (Å²) in [6, 6.07) is 2.09. The number of nitrogens with zero attached hydrogens (tertiary/aromatic N) is 2. The van der Waals surface area contributed by atoms with Gasteiger partial charge in [0.1, 0.15) is 6.54 Å². The fourth-order valence-electron chi connectivity index (χ4n) is 1.80. The Balaban J connectivity index is 1.56. The van der Waals surface area contributed by atoms with Crippen LogP contribution in [0.15, 0.2) is 27.6 Å². The van der Waals surface area contributed by atoms with Crippen LogP contribution in [-0.4, -0.2) is 27.6 Å². The van der Waals surface area contributed by atoms with Crippen molar-refractivity contribution in [3.8, 4) is 0 Å². The second kappa shape index (κ2) is 5.98. The molecule has 0 atom stereocenters. The number of halogens is 1. The van der Waals surface area contributed by atoms with Gasteiger partial charge in [-0.05, 0) is 34.8 Å². The van der Waals surface area contributed by atoms with Crippen molar-refractivity contribution in [2.75, 3.05) is 5.32 Å². The van der Waals surface area contributed by atoms with Crippen LogP contribution in [0.2, 0.25) is 0 Å². The maximum atomic E-state index is 12.0. The molecule has 0 unspecified atom stereocenters. The molecule has 0 spiro atoms. The molecule has 0 aliphatic heterocycles. The molecule has 0 radical (unpaired) electrons. The Kier molecular flexibility index (Phi) is 4.07. The fraction of sp³-hybridized carbons (Fsp3) is 0.308. The largest absolute Gasteiger partial charge is 0.352 e. The van der Waals surface area contributed by atoms with Crippen molar-refractivity contribution in [2.45, 2.75) is 25.4 Å². The van der Waals surface area contributed by atoms with E-state index in [0.29, 0.717) is 17.3 Å². The average molecular weight is 369 g/mol. The number of hydrogen-bond acceptors (Lipinski definition) is 4. The first-order valence-corrected chi connectivity index (χ1v) is 8.14. The average Bonchev–Trinajstić information content (AvgIpc) is 2.95. The van der Waals surface area contributed by atoms with Gasteiger partial charge in [0.15, 0.2) is 0 Å². The third kappa shape index (κ3) is 3.92. The van der Waals surface area contributed by atoms with Crippen LogP contribution in [0, 0.1) is 0 Å². The molecule has 6 nitrogen and oxygen atoms in total. The van der Waals surface area contributed by atoms with Gasteiger partial charge in [-0.2, -0.15) is 5.10 Å². The van der Waals surface area contributed by atoms with Crippen LogP contribution >= 0.6 is 27.3 Å². The van der Waals surface area contributed by atoms with E-state index >= 15 is 0 Å². The molecule has 110 valence electrons. The third-order valence-corrected chi connectivity index (χ3v) is 4.47. The standard InChI is InChI=1S/C13H13BrN4O2S/c14-11-3-8(7-21-11)13(20)17-10-4-15-18(5-10)6-12(19)16-9-1-2-9/h3-5,7,9H,1-2,6H2,(H,16,19)(H,17,20). The van der Waals surface area contributed by atoms with E-state index in [0.717, 1.165) is 16.6 Å². The molecule has 1 aliphatic carbocycles. The zero-order chi connectivity index (χ0) is 14.8. The number of hydrogen-bond donors (Lipinski definition) is 2. The lowest BCUT2D eigenvalue weighted by Crippen LogP contribution is -2.29. The van der Waals surface area contributed by atoms with E-state index in [1.807, 2.05) is 0 Å². The number of nitrogens with one attached hydrogen (secondary N) is 2. The lowest BCUT2D eigenvalue weighted by molar-refractivity contribution is -0.122. The van der Waals surface area contributed by atoms with Gasteiger partial charge in [0, 0.05) is 17.6 Å². The van der Waals surface area contributed by atoms with Crippen LogP contribution in [0.4, 0.5) is 5.69 Å². The smallest absolute Gasteiger partial charge is 0.256 e. The molecule has 2 aromatic heterocycles. The molecule has 21 heavy (non-hydrogen) atoms. The van der Waals surface area contributed by atoms with Crippen LogP contribution in [-0.2, 0) is 11.3 Å². The van der Waals surface area contributed by atoms with Crippen LogP contribution in [0.25, 0.3) is 0 Å². The van der Waals surface area contributed by atoms with Gasteiger partial charge in [-0.3, -0.25) is 14.3 Å². The zero-order valence-corrected chi connectivity index (χ0v) is 13.4. The number of carbonyl (C=O) groups excluding carboxylic acids is 2. The minimum Gasteiger partial charge on any atom is -0.352 e. The molecule has 0 saturated heterocycles. The summed E-state index contributed by atoms with van der Waals surface area (Å²) in [5, 5.41) is 11.5. The van der Waals surface area contributed by atoms with Crippen molar-refractivity contribution in [2.24, 2.45) is 0 Å². The molecule has 2 aromatic rings. The number of anilines is 1. The van der Waals surface area contributed by atoms with Crippen LogP contribution in [0.1, 0.15) is 23.2 Å². The Hall–Kier alpha value is -1.67. The first kappa shape index (κ1) is 14.3. The van der Waals surface area contributed by atoms with Crippen molar-refractivity contribution >= 4 is 44.8 Å². The van der Waals surface area contributed by atoms with Crippen molar-refractivity contribution in [3.63, 3.8) is 0 Å². The Bertz CT molecular complexity index is 677. The van der Waals surface area contributed by atoms with Gasteiger partial charge in [0.2, 0.25) is 5.91 Å². The highest BCUT2D eigenvalue weighted by molar-refractivity contribution is 9.11. The highest BCUT2D eigenvalue weighted by Crippen LogP contribution is 2.21. The first-order chi connectivity index (χ1) is 10.1. The molecule has 1 aliphatic rings. The molecule has 2 amide bonds. The molecule has 2 N–H and O–H groups in total. The van der Waals surface area contributed by atoms with Gasteiger partial charge < -0.3 is 10.6 Å². The molecule has 1 saturated carbocycles. The number of carbonyl (C=O) groups is 2. The number of amides is 2. The summed E-state index contributed by atoms with van der Waals surface area (Å²) in [5.74, 6) is -0.251. The van der Waals surface area contributed by atoms with E-state index < -0.39 is 0 Å². The van der Waals surface area contributed by atoms with E-state index in [9.17, 15) is 9.59 Å². The van der Waals surface area contributed by atoms with E-state index in [1.54, 1.807) is 17.6 Å². The van der Waals surface area contributed by atoms with Gasteiger partial charge in [-0.25, -0.2) is 0 Å². The Morgan fingerprint density at radius 3 is 2.95 bits per heavy atom. The van der Waals surface area contributed by atoms with E-state index in [-0.39, 0.29) is 18.4 Å². The summed E-state index contributed by atoms with van der Waals surface area (Å²) >= 11 is 4.77. The summed E-state index contributed by atoms with van der Waals surface area (Å²) in [6.45, 7) is 0.163. The first-order valence-electron chi connectivity index (χ1n) is 6.47. The normalized spacial score (nSPS) is 14.0. The van der Waals surface area contributed by atoms with Gasteiger partial charge in [-0.1, -0.05) is 0 Å². The highest BCUT2D eigenvalue weighted by atomic mass is 79.9. The minimum atomic E-state index is -0.195. The molecular formula is C13H13BrN4O2S. The number of aromatic nitrogens is 2.